The van der Waals surface area contributed by atoms with Crippen molar-refractivity contribution in [3.05, 3.63) is 60.3 Å². The van der Waals surface area contributed by atoms with E-state index in [0.717, 1.165) is 38.2 Å². The van der Waals surface area contributed by atoms with Crippen molar-refractivity contribution in [2.24, 2.45) is 7.05 Å². The van der Waals surface area contributed by atoms with Crippen molar-refractivity contribution in [1.82, 2.24) is 0 Å². The van der Waals surface area contributed by atoms with Gasteiger partial charge in [-0.05, 0) is 30.3 Å². The van der Waals surface area contributed by atoms with Gasteiger partial charge in [-0.25, -0.2) is 4.57 Å². The molecule has 0 spiro atoms. The maximum Gasteiger partial charge on any atom is 0.212 e. The first-order valence-corrected chi connectivity index (χ1v) is 7.45. The number of para-hydroxylation sites is 1. The van der Waals surface area contributed by atoms with Gasteiger partial charge < -0.3 is 4.74 Å². The molecular weight excluding hydrogens is 284 g/mol. The summed E-state index contributed by atoms with van der Waals surface area (Å²) in [6.45, 7) is 0. The number of nitrogens with zero attached hydrogens (tertiary/aromatic N) is 2. The lowest BCUT2D eigenvalue weighted by molar-refractivity contribution is -0.643. The van der Waals surface area contributed by atoms with E-state index < -0.39 is 0 Å². The first-order valence-electron chi connectivity index (χ1n) is 7.45. The summed E-state index contributed by atoms with van der Waals surface area (Å²) >= 11 is 0. The van der Waals surface area contributed by atoms with Crippen LogP contribution >= 0.6 is 0 Å². The lowest BCUT2D eigenvalue weighted by Gasteiger charge is -2.09. The molecule has 0 saturated carbocycles. The van der Waals surface area contributed by atoms with E-state index in [2.05, 4.69) is 29.0 Å². The summed E-state index contributed by atoms with van der Waals surface area (Å²) in [4.78, 5) is 0. The van der Waals surface area contributed by atoms with Crippen molar-refractivity contribution < 1.29 is 9.30 Å². The van der Waals surface area contributed by atoms with Gasteiger partial charge in [0.25, 0.3) is 0 Å². The Morgan fingerprint density at radius 1 is 0.913 bits per heavy atom. The van der Waals surface area contributed by atoms with Crippen molar-refractivity contribution in [3.63, 3.8) is 0 Å². The fraction of sp³-hybridized carbons (Fsp3) is 0.100. The monoisotopic (exact) mass is 299 g/mol. The molecule has 0 amide bonds. The molecule has 0 aliphatic carbocycles. The quantitative estimate of drug-likeness (QED) is 0.395. The molecule has 0 saturated heterocycles. The second kappa shape index (κ2) is 4.96. The molecule has 4 aromatic rings. The van der Waals surface area contributed by atoms with E-state index in [9.17, 15) is 5.26 Å². The SMILES string of the molecule is COc1ccc2c(C#N)cc3c(c[n+](C)c4ccccc34)c2c1. The smallest absolute Gasteiger partial charge is 0.212 e. The van der Waals surface area contributed by atoms with Crippen LogP contribution in [0, 0.1) is 11.3 Å². The van der Waals surface area contributed by atoms with Gasteiger partial charge in [-0.1, -0.05) is 12.1 Å². The lowest BCUT2D eigenvalue weighted by atomic mass is 9.96. The van der Waals surface area contributed by atoms with Crippen LogP contribution in [0.2, 0.25) is 0 Å². The molecule has 3 heteroatoms. The van der Waals surface area contributed by atoms with Crippen LogP contribution < -0.4 is 9.30 Å². The molecule has 0 aliphatic rings. The Kier molecular flexibility index (Phi) is 2.92. The van der Waals surface area contributed by atoms with Gasteiger partial charge in [0.05, 0.1) is 29.5 Å². The van der Waals surface area contributed by atoms with E-state index in [1.165, 1.54) is 0 Å². The summed E-state index contributed by atoms with van der Waals surface area (Å²) in [5, 5.41) is 14.9. The molecule has 0 bridgehead atoms. The molecule has 0 atom stereocenters. The normalized spacial score (nSPS) is 11.0. The minimum absolute atomic E-state index is 0.689. The topological polar surface area (TPSA) is 36.9 Å². The van der Waals surface area contributed by atoms with E-state index in [1.54, 1.807) is 7.11 Å². The summed E-state index contributed by atoms with van der Waals surface area (Å²) in [5.41, 5.74) is 1.83. The van der Waals surface area contributed by atoms with Crippen molar-refractivity contribution in [3.8, 4) is 11.8 Å². The van der Waals surface area contributed by atoms with Crippen LogP contribution in [0.25, 0.3) is 32.4 Å². The second-order valence-electron chi connectivity index (χ2n) is 5.67. The standard InChI is InChI=1S/C20H15N2O/c1-22-12-19-17(16-5-3-4-6-20(16)22)9-13(11-21)15-8-7-14(23-2)10-18(15)19/h3-10,12H,1-2H3/q+1. The van der Waals surface area contributed by atoms with Crippen molar-refractivity contribution in [2.75, 3.05) is 7.11 Å². The fourth-order valence-electron chi connectivity index (χ4n) is 3.28. The number of ether oxygens (including phenoxy) is 1. The van der Waals surface area contributed by atoms with Crippen molar-refractivity contribution >= 4 is 32.4 Å². The number of pyridine rings is 1. The Morgan fingerprint density at radius 3 is 2.48 bits per heavy atom. The van der Waals surface area contributed by atoms with Gasteiger partial charge in [0.1, 0.15) is 12.8 Å². The number of hydrogen-bond acceptors (Lipinski definition) is 2. The van der Waals surface area contributed by atoms with E-state index in [0.29, 0.717) is 5.56 Å². The Hall–Kier alpha value is -3.12. The van der Waals surface area contributed by atoms with Gasteiger partial charge in [0.2, 0.25) is 5.52 Å². The predicted octanol–water partition coefficient (Wildman–Crippen LogP) is 3.85. The van der Waals surface area contributed by atoms with Gasteiger partial charge in [0.15, 0.2) is 6.20 Å². The third-order valence-electron chi connectivity index (χ3n) is 4.40. The van der Waals surface area contributed by atoms with E-state index in [-0.39, 0.29) is 0 Å². The summed E-state index contributed by atoms with van der Waals surface area (Å²) in [5.74, 6) is 0.796. The molecular formula is C20H15N2O+. The highest BCUT2D eigenvalue weighted by atomic mass is 16.5. The summed E-state index contributed by atoms with van der Waals surface area (Å²) < 4.78 is 7.50. The van der Waals surface area contributed by atoms with Gasteiger partial charge >= 0.3 is 0 Å². The predicted molar refractivity (Wildman–Crippen MR) is 91.4 cm³/mol. The van der Waals surface area contributed by atoms with Crippen LogP contribution in [0.5, 0.6) is 5.75 Å². The molecule has 23 heavy (non-hydrogen) atoms. The van der Waals surface area contributed by atoms with Crippen LogP contribution in [0.15, 0.2) is 54.7 Å². The number of rotatable bonds is 1. The van der Waals surface area contributed by atoms with Gasteiger partial charge in [0, 0.05) is 22.2 Å². The molecule has 110 valence electrons. The molecule has 0 N–H and O–H groups in total. The second-order valence-corrected chi connectivity index (χ2v) is 5.67. The van der Waals surface area contributed by atoms with Crippen LogP contribution in [-0.2, 0) is 7.05 Å². The summed E-state index contributed by atoms with van der Waals surface area (Å²) in [6.07, 6.45) is 2.13. The summed E-state index contributed by atoms with van der Waals surface area (Å²) in [7, 11) is 3.71. The van der Waals surface area contributed by atoms with Crippen molar-refractivity contribution in [2.45, 2.75) is 0 Å². The molecule has 1 heterocycles. The highest BCUT2D eigenvalue weighted by Crippen LogP contribution is 2.33. The van der Waals surface area contributed by atoms with E-state index in [1.807, 2.05) is 43.4 Å². The summed E-state index contributed by atoms with van der Waals surface area (Å²) in [6, 6.07) is 18.4. The maximum atomic E-state index is 9.56. The van der Waals surface area contributed by atoms with Crippen LogP contribution in [0.3, 0.4) is 0 Å². The van der Waals surface area contributed by atoms with Gasteiger partial charge in [-0.3, -0.25) is 0 Å². The van der Waals surface area contributed by atoms with Crippen LogP contribution in [0.4, 0.5) is 0 Å². The van der Waals surface area contributed by atoms with Crippen LogP contribution in [-0.4, -0.2) is 7.11 Å². The number of benzene rings is 3. The third kappa shape index (κ3) is 1.92. The fourth-order valence-corrected chi connectivity index (χ4v) is 3.28. The largest absolute Gasteiger partial charge is 0.497 e. The van der Waals surface area contributed by atoms with E-state index in [4.69, 9.17) is 4.74 Å². The Balaban J connectivity index is 2.31. The van der Waals surface area contributed by atoms with Crippen LogP contribution in [0.1, 0.15) is 5.56 Å². The van der Waals surface area contributed by atoms with Gasteiger partial charge in [-0.15, -0.1) is 0 Å². The molecule has 0 fully saturated rings. The molecule has 1 aromatic heterocycles. The molecule has 0 aliphatic heterocycles. The van der Waals surface area contributed by atoms with E-state index >= 15 is 0 Å². The average molecular weight is 299 g/mol. The number of methoxy groups -OCH3 is 1. The van der Waals surface area contributed by atoms with Crippen molar-refractivity contribution in [1.29, 1.82) is 5.26 Å². The molecule has 4 rings (SSSR count). The molecule has 3 nitrogen and oxygen atoms in total. The first-order chi connectivity index (χ1) is 11.2. The number of aromatic nitrogens is 1. The Morgan fingerprint density at radius 2 is 1.70 bits per heavy atom. The molecule has 0 radical (unpaired) electrons. The van der Waals surface area contributed by atoms with Gasteiger partial charge in [-0.2, -0.15) is 5.26 Å². The highest BCUT2D eigenvalue weighted by Gasteiger charge is 2.15. The molecule has 0 unspecified atom stereocenters. The third-order valence-corrected chi connectivity index (χ3v) is 4.40. The average Bonchev–Trinajstić information content (AvgIpc) is 2.61. The lowest BCUT2D eigenvalue weighted by Crippen LogP contribution is -2.28. The minimum atomic E-state index is 0.689. The Bertz CT molecular complexity index is 1120. The number of fused-ring (bicyclic) bond motifs is 5. The number of nitriles is 1. The highest BCUT2D eigenvalue weighted by molar-refractivity contribution is 6.16. The number of aryl methyl sites for hydroxylation is 1. The maximum absolute atomic E-state index is 9.56. The molecule has 3 aromatic carbocycles. The zero-order chi connectivity index (χ0) is 16.0. The Labute approximate surface area is 134 Å². The zero-order valence-corrected chi connectivity index (χ0v) is 13.0. The number of hydrogen-bond donors (Lipinski definition) is 0. The minimum Gasteiger partial charge on any atom is -0.497 e. The first kappa shape index (κ1) is 13.5. The zero-order valence-electron chi connectivity index (χ0n) is 13.0.